The van der Waals surface area contributed by atoms with Gasteiger partial charge in [-0.2, -0.15) is 0 Å². The summed E-state index contributed by atoms with van der Waals surface area (Å²) < 4.78 is 10.8. The minimum Gasteiger partial charge on any atom is -0.484 e. The molecule has 6 nitrogen and oxygen atoms in total. The molecule has 0 aliphatic heterocycles. The van der Waals surface area contributed by atoms with Gasteiger partial charge in [0, 0.05) is 12.1 Å². The van der Waals surface area contributed by atoms with E-state index < -0.39 is 5.97 Å². The number of ether oxygens (including phenoxy) is 1. The van der Waals surface area contributed by atoms with Crippen molar-refractivity contribution in [3.63, 3.8) is 0 Å². The molecule has 0 saturated heterocycles. The average molecular weight is 352 g/mol. The lowest BCUT2D eigenvalue weighted by Gasteiger charge is -2.16. The summed E-state index contributed by atoms with van der Waals surface area (Å²) in [5, 5.41) is 9.64. The van der Waals surface area contributed by atoms with E-state index in [1.165, 1.54) is 11.0 Å². The van der Waals surface area contributed by atoms with Crippen LogP contribution < -0.4 is 4.74 Å². The van der Waals surface area contributed by atoms with Crippen LogP contribution in [0, 0.1) is 13.8 Å². The van der Waals surface area contributed by atoms with Crippen LogP contribution in [0.5, 0.6) is 5.75 Å². The van der Waals surface area contributed by atoms with Gasteiger partial charge in [-0.25, -0.2) is 4.79 Å². The fourth-order valence-electron chi connectivity index (χ4n) is 2.12. The molecule has 1 aromatic carbocycles. The van der Waals surface area contributed by atoms with Crippen molar-refractivity contribution >= 4 is 23.5 Å². The van der Waals surface area contributed by atoms with Crippen LogP contribution >= 0.6 is 11.6 Å². The Bertz CT molecular complexity index is 768. The van der Waals surface area contributed by atoms with Crippen LogP contribution in [0.2, 0.25) is 5.02 Å². The average Bonchev–Trinajstić information content (AvgIpc) is 2.88. The van der Waals surface area contributed by atoms with Gasteiger partial charge >= 0.3 is 5.97 Å². The van der Waals surface area contributed by atoms with Crippen LogP contribution in [-0.2, 0) is 11.3 Å². The summed E-state index contributed by atoms with van der Waals surface area (Å²) >= 11 is 5.94. The Labute approximate surface area is 144 Å². The second-order valence-corrected chi connectivity index (χ2v) is 5.84. The number of aryl methyl sites for hydroxylation is 2. The molecular weight excluding hydrogens is 334 g/mol. The molecule has 1 N–H and O–H groups in total. The van der Waals surface area contributed by atoms with Gasteiger partial charge in [-0.3, -0.25) is 4.79 Å². The second kappa shape index (κ2) is 7.40. The number of hydrogen-bond donors (Lipinski definition) is 1. The number of carboxylic acid groups (broad SMARTS) is 1. The number of halogens is 1. The summed E-state index contributed by atoms with van der Waals surface area (Å²) in [6, 6.07) is 6.58. The first-order chi connectivity index (χ1) is 11.3. The van der Waals surface area contributed by atoms with Crippen LogP contribution in [0.3, 0.4) is 0 Å². The highest BCUT2D eigenvalue weighted by molar-refractivity contribution is 6.31. The molecule has 0 unspecified atom stereocenters. The first-order valence-corrected chi connectivity index (χ1v) is 7.61. The predicted octanol–water partition coefficient (Wildman–Crippen LogP) is 3.29. The molecule has 7 heteroatoms. The van der Waals surface area contributed by atoms with Gasteiger partial charge in [0.25, 0.3) is 5.91 Å². The van der Waals surface area contributed by atoms with E-state index in [9.17, 15) is 9.59 Å². The molecule has 1 heterocycles. The number of aromatic carboxylic acids is 1. The number of carbonyl (C=O) groups excluding carboxylic acids is 1. The summed E-state index contributed by atoms with van der Waals surface area (Å²) in [6.07, 6.45) is 0. The molecule has 0 aliphatic rings. The maximum Gasteiger partial charge on any atom is 0.339 e. The zero-order valence-corrected chi connectivity index (χ0v) is 14.4. The Morgan fingerprint density at radius 1 is 1.29 bits per heavy atom. The van der Waals surface area contributed by atoms with Gasteiger partial charge in [0.1, 0.15) is 22.8 Å². The molecule has 1 aromatic heterocycles. The fourth-order valence-corrected chi connectivity index (χ4v) is 2.24. The largest absolute Gasteiger partial charge is 0.484 e. The third-order valence-corrected chi connectivity index (χ3v) is 3.93. The first kappa shape index (κ1) is 17.9. The van der Waals surface area contributed by atoms with Gasteiger partial charge in [-0.05, 0) is 43.7 Å². The zero-order chi connectivity index (χ0) is 17.9. The van der Waals surface area contributed by atoms with Crippen molar-refractivity contribution in [2.24, 2.45) is 0 Å². The molecule has 0 bridgehead atoms. The van der Waals surface area contributed by atoms with Crippen LogP contribution in [0.1, 0.15) is 27.4 Å². The van der Waals surface area contributed by atoms with Crippen molar-refractivity contribution < 1.29 is 23.8 Å². The minimum absolute atomic E-state index is 0.0961. The molecule has 0 atom stereocenters. The molecular formula is C17H18ClNO5. The molecule has 0 fully saturated rings. The fraction of sp³-hybridized carbons (Fsp3) is 0.294. The van der Waals surface area contributed by atoms with E-state index in [4.69, 9.17) is 25.9 Å². The van der Waals surface area contributed by atoms with Crippen LogP contribution in [0.15, 0.2) is 28.7 Å². The number of carbonyl (C=O) groups is 2. The maximum absolute atomic E-state index is 12.1. The van der Waals surface area contributed by atoms with E-state index in [1.807, 2.05) is 6.92 Å². The topological polar surface area (TPSA) is 80.0 Å². The molecule has 0 spiro atoms. The SMILES string of the molecule is Cc1cc(OCC(=O)N(C)Cc2cc(C(=O)O)c(C)o2)ccc1Cl. The monoisotopic (exact) mass is 351 g/mol. The van der Waals surface area contributed by atoms with Crippen molar-refractivity contribution in [2.75, 3.05) is 13.7 Å². The number of nitrogens with zero attached hydrogens (tertiary/aromatic N) is 1. The number of likely N-dealkylation sites (N-methyl/N-ethyl adjacent to an activating group) is 1. The zero-order valence-electron chi connectivity index (χ0n) is 13.6. The Hall–Kier alpha value is -2.47. The lowest BCUT2D eigenvalue weighted by Crippen LogP contribution is -2.30. The number of rotatable bonds is 6. The number of amides is 1. The molecule has 0 radical (unpaired) electrons. The van der Waals surface area contributed by atoms with Crippen LogP contribution in [-0.4, -0.2) is 35.5 Å². The minimum atomic E-state index is -1.06. The van der Waals surface area contributed by atoms with Crippen molar-refractivity contribution in [1.82, 2.24) is 4.90 Å². The summed E-state index contributed by atoms with van der Waals surface area (Å²) in [6.45, 7) is 3.45. The summed E-state index contributed by atoms with van der Waals surface area (Å²) in [5.74, 6) is -0.0403. The van der Waals surface area contributed by atoms with Crippen molar-refractivity contribution in [3.05, 3.63) is 51.9 Å². The van der Waals surface area contributed by atoms with Crippen molar-refractivity contribution in [1.29, 1.82) is 0 Å². The summed E-state index contributed by atoms with van der Waals surface area (Å²) in [5.41, 5.74) is 0.959. The van der Waals surface area contributed by atoms with Gasteiger partial charge in [0.05, 0.1) is 6.54 Å². The highest BCUT2D eigenvalue weighted by Gasteiger charge is 2.17. The molecule has 0 aliphatic carbocycles. The number of carboxylic acids is 1. The normalized spacial score (nSPS) is 10.5. The maximum atomic E-state index is 12.1. The predicted molar refractivity (Wildman–Crippen MR) is 88.6 cm³/mol. The van der Waals surface area contributed by atoms with Gasteiger partial charge in [-0.15, -0.1) is 0 Å². The molecule has 128 valence electrons. The summed E-state index contributed by atoms with van der Waals surface area (Å²) in [4.78, 5) is 24.5. The van der Waals surface area contributed by atoms with Gasteiger partial charge in [0.15, 0.2) is 6.61 Å². The van der Waals surface area contributed by atoms with Crippen LogP contribution in [0.4, 0.5) is 0 Å². The smallest absolute Gasteiger partial charge is 0.339 e. The van der Waals surface area contributed by atoms with Crippen LogP contribution in [0.25, 0.3) is 0 Å². The Balaban J connectivity index is 1.93. The van der Waals surface area contributed by atoms with Gasteiger partial charge in [-0.1, -0.05) is 11.6 Å². The first-order valence-electron chi connectivity index (χ1n) is 7.23. The van der Waals surface area contributed by atoms with E-state index in [2.05, 4.69) is 0 Å². The molecule has 2 aromatic rings. The quantitative estimate of drug-likeness (QED) is 0.863. The highest BCUT2D eigenvalue weighted by atomic mass is 35.5. The third kappa shape index (κ3) is 4.29. The summed E-state index contributed by atoms with van der Waals surface area (Å²) in [7, 11) is 1.59. The van der Waals surface area contributed by atoms with Gasteiger partial charge in [0.2, 0.25) is 0 Å². The van der Waals surface area contributed by atoms with E-state index >= 15 is 0 Å². The van der Waals surface area contributed by atoms with Crippen molar-refractivity contribution in [3.8, 4) is 5.75 Å². The number of hydrogen-bond acceptors (Lipinski definition) is 4. The number of furan rings is 1. The lowest BCUT2D eigenvalue weighted by atomic mass is 10.2. The highest BCUT2D eigenvalue weighted by Crippen LogP contribution is 2.21. The van der Waals surface area contributed by atoms with Gasteiger partial charge < -0.3 is 19.2 Å². The Morgan fingerprint density at radius 3 is 2.58 bits per heavy atom. The molecule has 24 heavy (non-hydrogen) atoms. The molecule has 1 amide bonds. The van der Waals surface area contributed by atoms with E-state index in [0.717, 1.165) is 5.56 Å². The number of benzene rings is 1. The second-order valence-electron chi connectivity index (χ2n) is 5.44. The standard InChI is InChI=1S/C17H18ClNO5/c1-10-6-12(4-5-15(10)18)23-9-16(20)19(3)8-13-7-14(17(21)22)11(2)24-13/h4-7H,8-9H2,1-3H3,(H,21,22). The molecule has 2 rings (SSSR count). The van der Waals surface area contributed by atoms with E-state index in [0.29, 0.717) is 22.3 Å². The van der Waals surface area contributed by atoms with Crippen molar-refractivity contribution in [2.45, 2.75) is 20.4 Å². The molecule has 0 saturated carbocycles. The Morgan fingerprint density at radius 2 is 2.00 bits per heavy atom. The third-order valence-electron chi connectivity index (χ3n) is 3.51. The lowest BCUT2D eigenvalue weighted by molar-refractivity contribution is -0.132. The Kier molecular flexibility index (Phi) is 5.51. The van der Waals surface area contributed by atoms with E-state index in [1.54, 1.807) is 32.2 Å². The van der Waals surface area contributed by atoms with E-state index in [-0.39, 0.29) is 24.6 Å².